The van der Waals surface area contributed by atoms with E-state index in [4.69, 9.17) is 10.2 Å². The molecule has 1 heterocycles. The highest BCUT2D eigenvalue weighted by atomic mass is 16.5. The second-order valence-corrected chi connectivity index (χ2v) is 1.72. The molecule has 0 aromatic carbocycles. The Bertz CT molecular complexity index is 99.8. The molecule has 0 amide bonds. The summed E-state index contributed by atoms with van der Waals surface area (Å²) in [6.07, 6.45) is 1.30. The molecule has 0 saturated heterocycles. The molecule has 0 spiro atoms. The molecule has 0 aliphatic carbocycles. The van der Waals surface area contributed by atoms with Gasteiger partial charge in [0.05, 0.1) is 6.26 Å². The number of hydrogen-bond donors (Lipinski definition) is 2. The van der Waals surface area contributed by atoms with Crippen LogP contribution in [0.15, 0.2) is 12.3 Å². The summed E-state index contributed by atoms with van der Waals surface area (Å²) in [6.45, 7) is 0.192. The summed E-state index contributed by atoms with van der Waals surface area (Å²) in [5.74, 6) is 0. The summed E-state index contributed by atoms with van der Waals surface area (Å²) >= 11 is 0. The topological polar surface area (TPSA) is 49.7 Å². The molecular formula is C5H8O3. The molecule has 0 aromatic heterocycles. The van der Waals surface area contributed by atoms with E-state index in [9.17, 15) is 0 Å². The minimum Gasteiger partial charge on any atom is -0.499 e. The average Bonchev–Trinajstić information content (AvgIpc) is 1.77. The molecule has 46 valence electrons. The molecule has 1 aliphatic rings. The fraction of sp³-hybridized carbons (Fsp3) is 0.600. The molecule has 0 fully saturated rings. The van der Waals surface area contributed by atoms with E-state index in [0.717, 1.165) is 0 Å². The lowest BCUT2D eigenvalue weighted by Gasteiger charge is -2.17. The first kappa shape index (κ1) is 5.59. The van der Waals surface area contributed by atoms with Gasteiger partial charge in [-0.05, 0) is 6.08 Å². The summed E-state index contributed by atoms with van der Waals surface area (Å²) in [7, 11) is 0. The molecular weight excluding hydrogens is 108 g/mol. The smallest absolute Gasteiger partial charge is 0.117 e. The molecule has 3 heteroatoms. The summed E-state index contributed by atoms with van der Waals surface area (Å²) in [5.41, 5.74) is 0. The molecule has 2 atom stereocenters. The van der Waals surface area contributed by atoms with Gasteiger partial charge in [-0.3, -0.25) is 0 Å². The molecule has 1 unspecified atom stereocenters. The van der Waals surface area contributed by atoms with Crippen molar-refractivity contribution in [1.82, 2.24) is 0 Å². The Labute approximate surface area is 47.2 Å². The highest BCUT2D eigenvalue weighted by Gasteiger charge is 2.15. The fourth-order valence-corrected chi connectivity index (χ4v) is 0.517. The summed E-state index contributed by atoms with van der Waals surface area (Å²) in [5, 5.41) is 17.5. The third-order valence-electron chi connectivity index (χ3n) is 1.03. The lowest BCUT2D eigenvalue weighted by atomic mass is 10.2. The number of ether oxygens (including phenoxy) is 1. The van der Waals surface area contributed by atoms with Crippen LogP contribution >= 0.6 is 0 Å². The molecule has 0 radical (unpaired) electrons. The molecule has 1 rings (SSSR count). The summed E-state index contributed by atoms with van der Waals surface area (Å²) in [4.78, 5) is 0. The Kier molecular flexibility index (Phi) is 1.50. The van der Waals surface area contributed by atoms with Gasteiger partial charge in [-0.1, -0.05) is 0 Å². The van der Waals surface area contributed by atoms with Crippen LogP contribution in [-0.4, -0.2) is 29.0 Å². The maximum Gasteiger partial charge on any atom is 0.117 e. The Balaban J connectivity index is 2.47. The third-order valence-corrected chi connectivity index (χ3v) is 1.03. The monoisotopic (exact) mass is 116 g/mol. The highest BCUT2D eigenvalue weighted by molar-refractivity contribution is 4.91. The van der Waals surface area contributed by atoms with Gasteiger partial charge in [-0.2, -0.15) is 0 Å². The third kappa shape index (κ3) is 0.993. The first-order valence-corrected chi connectivity index (χ1v) is 2.45. The van der Waals surface area contributed by atoms with Crippen molar-refractivity contribution in [3.05, 3.63) is 12.3 Å². The highest BCUT2D eigenvalue weighted by Crippen LogP contribution is 2.02. The molecule has 2 N–H and O–H groups in total. The van der Waals surface area contributed by atoms with E-state index in [2.05, 4.69) is 4.74 Å². The Hall–Kier alpha value is -0.540. The van der Waals surface area contributed by atoms with Crippen LogP contribution in [-0.2, 0) is 4.74 Å². The van der Waals surface area contributed by atoms with Gasteiger partial charge in [0.2, 0.25) is 0 Å². The second-order valence-electron chi connectivity index (χ2n) is 1.72. The van der Waals surface area contributed by atoms with Crippen molar-refractivity contribution >= 4 is 0 Å². The minimum atomic E-state index is -0.750. The van der Waals surface area contributed by atoms with E-state index in [1.54, 1.807) is 0 Å². The first-order valence-electron chi connectivity index (χ1n) is 2.45. The number of hydrogen-bond acceptors (Lipinski definition) is 3. The predicted octanol–water partition coefficient (Wildman–Crippen LogP) is -0.748. The lowest BCUT2D eigenvalue weighted by Crippen LogP contribution is -2.30. The van der Waals surface area contributed by atoms with Crippen LogP contribution in [0.2, 0.25) is 0 Å². The standard InChI is InChI=1S/C5H8O3/c6-4-1-2-8-3-5(4)7/h1-2,4-7H,3H2/t4?,5-/m1/s1. The Morgan fingerprint density at radius 3 is 2.62 bits per heavy atom. The van der Waals surface area contributed by atoms with Gasteiger partial charge in [-0.15, -0.1) is 0 Å². The van der Waals surface area contributed by atoms with Gasteiger partial charge >= 0.3 is 0 Å². The zero-order valence-corrected chi connectivity index (χ0v) is 4.32. The van der Waals surface area contributed by atoms with E-state index < -0.39 is 12.2 Å². The zero-order valence-electron chi connectivity index (χ0n) is 4.32. The maximum atomic E-state index is 8.76. The van der Waals surface area contributed by atoms with Gasteiger partial charge in [0.15, 0.2) is 0 Å². The predicted molar refractivity (Wildman–Crippen MR) is 27.1 cm³/mol. The molecule has 0 saturated carbocycles. The van der Waals surface area contributed by atoms with Crippen LogP contribution in [0.3, 0.4) is 0 Å². The molecule has 3 nitrogen and oxygen atoms in total. The van der Waals surface area contributed by atoms with Crippen LogP contribution in [0, 0.1) is 0 Å². The van der Waals surface area contributed by atoms with Gasteiger partial charge in [-0.25, -0.2) is 0 Å². The number of rotatable bonds is 0. The van der Waals surface area contributed by atoms with E-state index in [1.807, 2.05) is 0 Å². The van der Waals surface area contributed by atoms with E-state index in [1.165, 1.54) is 12.3 Å². The second kappa shape index (κ2) is 2.15. The van der Waals surface area contributed by atoms with Crippen LogP contribution in [0.1, 0.15) is 0 Å². The van der Waals surface area contributed by atoms with Crippen molar-refractivity contribution in [2.75, 3.05) is 6.61 Å². The lowest BCUT2D eigenvalue weighted by molar-refractivity contribution is -0.0108. The zero-order chi connectivity index (χ0) is 5.98. The Morgan fingerprint density at radius 1 is 1.50 bits per heavy atom. The van der Waals surface area contributed by atoms with Crippen molar-refractivity contribution in [2.45, 2.75) is 12.2 Å². The van der Waals surface area contributed by atoms with Crippen LogP contribution in [0.5, 0.6) is 0 Å². The summed E-state index contributed by atoms with van der Waals surface area (Å²) < 4.78 is 4.66. The van der Waals surface area contributed by atoms with Crippen molar-refractivity contribution in [1.29, 1.82) is 0 Å². The van der Waals surface area contributed by atoms with E-state index in [-0.39, 0.29) is 6.61 Å². The van der Waals surface area contributed by atoms with Gasteiger partial charge in [0.25, 0.3) is 0 Å². The minimum absolute atomic E-state index is 0.192. The molecule has 1 aliphatic heterocycles. The van der Waals surface area contributed by atoms with E-state index in [0.29, 0.717) is 0 Å². The van der Waals surface area contributed by atoms with Gasteiger partial charge in [0, 0.05) is 0 Å². The number of aliphatic hydroxyl groups is 2. The quantitative estimate of drug-likeness (QED) is 0.438. The van der Waals surface area contributed by atoms with Gasteiger partial charge in [0.1, 0.15) is 18.8 Å². The van der Waals surface area contributed by atoms with Crippen molar-refractivity contribution in [3.63, 3.8) is 0 Å². The van der Waals surface area contributed by atoms with Crippen molar-refractivity contribution < 1.29 is 14.9 Å². The van der Waals surface area contributed by atoms with Crippen LogP contribution < -0.4 is 0 Å². The largest absolute Gasteiger partial charge is 0.499 e. The average molecular weight is 116 g/mol. The van der Waals surface area contributed by atoms with Gasteiger partial charge < -0.3 is 14.9 Å². The van der Waals surface area contributed by atoms with Crippen molar-refractivity contribution in [3.8, 4) is 0 Å². The number of aliphatic hydroxyl groups excluding tert-OH is 2. The molecule has 0 aromatic rings. The first-order chi connectivity index (χ1) is 3.80. The molecule has 0 bridgehead atoms. The Morgan fingerprint density at radius 2 is 2.25 bits per heavy atom. The SMILES string of the molecule is OC1C=COC[C@H]1O. The van der Waals surface area contributed by atoms with Crippen LogP contribution in [0.4, 0.5) is 0 Å². The van der Waals surface area contributed by atoms with E-state index >= 15 is 0 Å². The summed E-state index contributed by atoms with van der Waals surface area (Å²) in [6, 6.07) is 0. The maximum absolute atomic E-state index is 8.76. The normalized spacial score (nSPS) is 36.8. The molecule has 8 heavy (non-hydrogen) atoms. The fourth-order valence-electron chi connectivity index (χ4n) is 0.517. The van der Waals surface area contributed by atoms with Crippen molar-refractivity contribution in [2.24, 2.45) is 0 Å². The van der Waals surface area contributed by atoms with Crippen LogP contribution in [0.25, 0.3) is 0 Å².